The number of esters is 1. The highest BCUT2D eigenvalue weighted by molar-refractivity contribution is 5.93. The van der Waals surface area contributed by atoms with Crippen LogP contribution in [0.2, 0.25) is 0 Å². The van der Waals surface area contributed by atoms with Gasteiger partial charge in [-0.2, -0.15) is 0 Å². The van der Waals surface area contributed by atoms with Crippen LogP contribution in [0.4, 0.5) is 11.4 Å². The Hall–Kier alpha value is -2.64. The van der Waals surface area contributed by atoms with Gasteiger partial charge in [-0.05, 0) is 37.3 Å². The van der Waals surface area contributed by atoms with Gasteiger partial charge in [0.15, 0.2) is 6.61 Å². The number of nitro groups is 1. The smallest absolute Gasteiger partial charge is 0.338 e. The second-order valence-electron chi connectivity index (χ2n) is 6.93. The van der Waals surface area contributed by atoms with Gasteiger partial charge in [0.25, 0.3) is 11.6 Å². The van der Waals surface area contributed by atoms with Gasteiger partial charge in [-0.25, -0.2) is 4.79 Å². The number of hydrogen-bond donors (Lipinski definition) is 1. The number of rotatable bonds is 8. The van der Waals surface area contributed by atoms with E-state index in [2.05, 4.69) is 12.2 Å². The molecule has 1 heterocycles. The van der Waals surface area contributed by atoms with Crippen molar-refractivity contribution in [3.63, 3.8) is 0 Å². The van der Waals surface area contributed by atoms with E-state index in [4.69, 9.17) is 4.74 Å². The molecule has 2 rings (SSSR count). The molecule has 0 spiro atoms. The quantitative estimate of drug-likeness (QED) is 0.323. The minimum atomic E-state index is -0.748. The first kappa shape index (κ1) is 20.7. The molecule has 1 fully saturated rings. The fourth-order valence-corrected chi connectivity index (χ4v) is 3.14. The number of nitro benzene ring substituents is 1. The van der Waals surface area contributed by atoms with E-state index in [9.17, 15) is 19.7 Å². The maximum Gasteiger partial charge on any atom is 0.338 e. The highest BCUT2D eigenvalue weighted by Gasteiger charge is 2.25. The van der Waals surface area contributed by atoms with Gasteiger partial charge in [0, 0.05) is 25.7 Å². The number of amides is 1. The van der Waals surface area contributed by atoms with Crippen LogP contribution in [0.15, 0.2) is 18.2 Å². The largest absolute Gasteiger partial charge is 0.452 e. The SMILES string of the molecule is CCCCNC(=O)COC(=O)c1ccc(N2CCC[C@H](C)C2)c([N+](=O)[O-])c1. The number of benzene rings is 1. The van der Waals surface area contributed by atoms with Gasteiger partial charge in [0.1, 0.15) is 5.69 Å². The van der Waals surface area contributed by atoms with Crippen LogP contribution < -0.4 is 10.2 Å². The van der Waals surface area contributed by atoms with Crippen molar-refractivity contribution in [1.82, 2.24) is 5.32 Å². The number of carbonyl (C=O) groups is 2. The van der Waals surface area contributed by atoms with E-state index in [-0.39, 0.29) is 17.2 Å². The third-order valence-corrected chi connectivity index (χ3v) is 4.59. The van der Waals surface area contributed by atoms with Crippen molar-refractivity contribution in [2.45, 2.75) is 39.5 Å². The van der Waals surface area contributed by atoms with Crippen LogP contribution in [-0.2, 0) is 9.53 Å². The van der Waals surface area contributed by atoms with Gasteiger partial charge >= 0.3 is 5.97 Å². The summed E-state index contributed by atoms with van der Waals surface area (Å²) in [6.07, 6.45) is 3.89. The van der Waals surface area contributed by atoms with Gasteiger partial charge < -0.3 is 15.0 Å². The Labute approximate surface area is 159 Å². The number of unbranched alkanes of at least 4 members (excludes halogenated alkanes) is 1. The lowest BCUT2D eigenvalue weighted by Crippen LogP contribution is -2.34. The zero-order chi connectivity index (χ0) is 19.8. The molecule has 0 bridgehead atoms. The predicted molar refractivity (Wildman–Crippen MR) is 102 cm³/mol. The third kappa shape index (κ3) is 5.94. The molecule has 1 aliphatic heterocycles. The molecule has 1 aromatic carbocycles. The van der Waals surface area contributed by atoms with E-state index in [1.54, 1.807) is 6.07 Å². The Balaban J connectivity index is 2.05. The summed E-state index contributed by atoms with van der Waals surface area (Å²) in [4.78, 5) is 36.8. The standard InChI is InChI=1S/C19H27N3O5/c1-3-4-9-20-18(23)13-27-19(24)15-7-8-16(17(11-15)22(25)26)21-10-5-6-14(2)12-21/h7-8,11,14H,3-6,9-10,12-13H2,1-2H3,(H,20,23)/t14-/m0/s1. The van der Waals surface area contributed by atoms with Crippen LogP contribution in [0.1, 0.15) is 49.9 Å². The summed E-state index contributed by atoms with van der Waals surface area (Å²) in [6.45, 7) is 5.76. The van der Waals surface area contributed by atoms with Crippen LogP contribution >= 0.6 is 0 Å². The van der Waals surface area contributed by atoms with Crippen molar-refractivity contribution in [2.24, 2.45) is 5.92 Å². The van der Waals surface area contributed by atoms with Crippen LogP contribution in [-0.4, -0.2) is 43.0 Å². The van der Waals surface area contributed by atoms with Crippen molar-refractivity contribution in [2.75, 3.05) is 31.1 Å². The van der Waals surface area contributed by atoms with Crippen molar-refractivity contribution < 1.29 is 19.2 Å². The first-order chi connectivity index (χ1) is 12.9. The van der Waals surface area contributed by atoms with Crippen LogP contribution in [0.25, 0.3) is 0 Å². The molecule has 1 aliphatic rings. The number of ether oxygens (including phenoxy) is 1. The number of anilines is 1. The van der Waals surface area contributed by atoms with Crippen molar-refractivity contribution in [3.8, 4) is 0 Å². The molecule has 8 heteroatoms. The fraction of sp³-hybridized carbons (Fsp3) is 0.579. The Morgan fingerprint density at radius 1 is 1.41 bits per heavy atom. The second-order valence-corrected chi connectivity index (χ2v) is 6.93. The lowest BCUT2D eigenvalue weighted by molar-refractivity contribution is -0.384. The third-order valence-electron chi connectivity index (χ3n) is 4.59. The fourth-order valence-electron chi connectivity index (χ4n) is 3.14. The molecule has 1 N–H and O–H groups in total. The molecule has 0 aromatic heterocycles. The molecule has 148 valence electrons. The van der Waals surface area contributed by atoms with E-state index >= 15 is 0 Å². The number of hydrogen-bond acceptors (Lipinski definition) is 6. The number of nitrogens with one attached hydrogen (secondary N) is 1. The first-order valence-electron chi connectivity index (χ1n) is 9.39. The summed E-state index contributed by atoms with van der Waals surface area (Å²) in [5, 5.41) is 14.1. The molecule has 0 unspecified atom stereocenters. The average molecular weight is 377 g/mol. The Bertz CT molecular complexity index is 692. The molecule has 0 radical (unpaired) electrons. The van der Waals surface area contributed by atoms with Crippen LogP contribution in [0.3, 0.4) is 0 Å². The summed E-state index contributed by atoms with van der Waals surface area (Å²) < 4.78 is 4.97. The molecule has 1 atom stereocenters. The van der Waals surface area contributed by atoms with Crippen LogP contribution in [0, 0.1) is 16.0 Å². The van der Waals surface area contributed by atoms with Gasteiger partial charge in [0.2, 0.25) is 0 Å². The van der Waals surface area contributed by atoms with Crippen LogP contribution in [0.5, 0.6) is 0 Å². The Kier molecular flexibility index (Phi) is 7.57. The van der Waals surface area contributed by atoms with Gasteiger partial charge in [0.05, 0.1) is 10.5 Å². The zero-order valence-electron chi connectivity index (χ0n) is 15.9. The lowest BCUT2D eigenvalue weighted by Gasteiger charge is -2.32. The molecule has 1 saturated heterocycles. The summed E-state index contributed by atoms with van der Waals surface area (Å²) in [5.41, 5.74) is 0.461. The van der Waals surface area contributed by atoms with E-state index in [0.29, 0.717) is 18.2 Å². The molecule has 8 nitrogen and oxygen atoms in total. The number of carbonyl (C=O) groups excluding carboxylic acids is 2. The van der Waals surface area contributed by atoms with E-state index in [0.717, 1.165) is 38.8 Å². The van der Waals surface area contributed by atoms with Crippen molar-refractivity contribution >= 4 is 23.3 Å². The average Bonchev–Trinajstić information content (AvgIpc) is 2.65. The highest BCUT2D eigenvalue weighted by atomic mass is 16.6. The maximum absolute atomic E-state index is 12.2. The van der Waals surface area contributed by atoms with Gasteiger partial charge in [-0.1, -0.05) is 20.3 Å². The van der Waals surface area contributed by atoms with Gasteiger partial charge in [-0.15, -0.1) is 0 Å². The minimum Gasteiger partial charge on any atom is -0.452 e. The van der Waals surface area contributed by atoms with E-state index in [1.807, 2.05) is 11.8 Å². The summed E-state index contributed by atoms with van der Waals surface area (Å²) in [7, 11) is 0. The Morgan fingerprint density at radius 3 is 2.85 bits per heavy atom. The number of nitrogens with zero attached hydrogens (tertiary/aromatic N) is 2. The lowest BCUT2D eigenvalue weighted by atomic mass is 9.99. The molecule has 27 heavy (non-hydrogen) atoms. The Morgan fingerprint density at radius 2 is 2.19 bits per heavy atom. The normalized spacial score (nSPS) is 16.7. The summed E-state index contributed by atoms with van der Waals surface area (Å²) >= 11 is 0. The number of piperidine rings is 1. The maximum atomic E-state index is 12.2. The molecule has 0 saturated carbocycles. The van der Waals surface area contributed by atoms with Gasteiger partial charge in [-0.3, -0.25) is 14.9 Å². The first-order valence-corrected chi connectivity index (χ1v) is 9.39. The van der Waals surface area contributed by atoms with E-state index in [1.165, 1.54) is 12.1 Å². The predicted octanol–water partition coefficient (Wildman–Crippen LogP) is 2.90. The zero-order valence-corrected chi connectivity index (χ0v) is 15.9. The molecule has 1 aromatic rings. The van der Waals surface area contributed by atoms with Crippen molar-refractivity contribution in [1.29, 1.82) is 0 Å². The summed E-state index contributed by atoms with van der Waals surface area (Å²) in [6, 6.07) is 4.33. The molecule has 1 amide bonds. The summed E-state index contributed by atoms with van der Waals surface area (Å²) in [5.74, 6) is -0.665. The molecule has 0 aliphatic carbocycles. The highest BCUT2D eigenvalue weighted by Crippen LogP contribution is 2.32. The topological polar surface area (TPSA) is 102 Å². The molecular weight excluding hydrogens is 350 g/mol. The molecular formula is C19H27N3O5. The second kappa shape index (κ2) is 9.89. The monoisotopic (exact) mass is 377 g/mol. The van der Waals surface area contributed by atoms with Crippen molar-refractivity contribution in [3.05, 3.63) is 33.9 Å². The minimum absolute atomic E-state index is 0.0665. The van der Waals surface area contributed by atoms with E-state index < -0.39 is 17.5 Å².